The van der Waals surface area contributed by atoms with Gasteiger partial charge in [-0.1, -0.05) is 29.3 Å². The fourth-order valence-electron chi connectivity index (χ4n) is 1.40. The largest absolute Gasteiger partial charge is 0.455 e. The monoisotopic (exact) mass is 246 g/mol. The SMILES string of the molecule is Cc1ccc(Oc2cc(Cl)ccc2N=N)cc1. The number of hydrogen-bond acceptors (Lipinski definition) is 3. The van der Waals surface area contributed by atoms with E-state index in [-0.39, 0.29) is 0 Å². The van der Waals surface area contributed by atoms with Crippen LogP contribution >= 0.6 is 11.6 Å². The van der Waals surface area contributed by atoms with Gasteiger partial charge in [-0.3, -0.25) is 0 Å². The summed E-state index contributed by atoms with van der Waals surface area (Å²) in [5.74, 6) is 1.18. The molecule has 1 N–H and O–H groups in total. The van der Waals surface area contributed by atoms with Crippen molar-refractivity contribution < 1.29 is 4.74 Å². The molecular formula is C13H11ClN2O. The lowest BCUT2D eigenvalue weighted by atomic mass is 10.2. The van der Waals surface area contributed by atoms with E-state index in [4.69, 9.17) is 21.9 Å². The molecule has 4 heteroatoms. The number of nitrogens with one attached hydrogen (secondary N) is 1. The van der Waals surface area contributed by atoms with E-state index >= 15 is 0 Å². The maximum absolute atomic E-state index is 7.06. The highest BCUT2D eigenvalue weighted by Gasteiger charge is 2.05. The third-order valence-electron chi connectivity index (χ3n) is 2.29. The normalized spacial score (nSPS) is 10.0. The number of ether oxygens (including phenoxy) is 1. The molecule has 17 heavy (non-hydrogen) atoms. The van der Waals surface area contributed by atoms with E-state index in [2.05, 4.69) is 5.11 Å². The van der Waals surface area contributed by atoms with Gasteiger partial charge >= 0.3 is 0 Å². The maximum Gasteiger partial charge on any atom is 0.156 e. The van der Waals surface area contributed by atoms with Crippen LogP contribution in [0.1, 0.15) is 5.56 Å². The van der Waals surface area contributed by atoms with E-state index in [0.717, 1.165) is 5.56 Å². The molecule has 0 radical (unpaired) electrons. The molecule has 0 heterocycles. The highest BCUT2D eigenvalue weighted by Crippen LogP contribution is 2.34. The molecule has 0 aromatic heterocycles. The molecule has 0 aliphatic carbocycles. The van der Waals surface area contributed by atoms with Gasteiger partial charge in [0.1, 0.15) is 11.4 Å². The minimum Gasteiger partial charge on any atom is -0.455 e. The summed E-state index contributed by atoms with van der Waals surface area (Å²) in [5, 5.41) is 3.95. The van der Waals surface area contributed by atoms with Crippen molar-refractivity contribution in [3.8, 4) is 11.5 Å². The summed E-state index contributed by atoms with van der Waals surface area (Å²) in [7, 11) is 0. The predicted molar refractivity (Wildman–Crippen MR) is 67.5 cm³/mol. The van der Waals surface area contributed by atoms with Crippen molar-refractivity contribution in [2.24, 2.45) is 5.11 Å². The van der Waals surface area contributed by atoms with Gasteiger partial charge in [0.15, 0.2) is 5.75 Å². The Kier molecular flexibility index (Phi) is 3.40. The smallest absolute Gasteiger partial charge is 0.156 e. The van der Waals surface area contributed by atoms with Crippen molar-refractivity contribution in [1.82, 2.24) is 0 Å². The molecule has 0 fully saturated rings. The van der Waals surface area contributed by atoms with Gasteiger partial charge in [-0.2, -0.15) is 5.11 Å². The number of hydrogen-bond donors (Lipinski definition) is 1. The first kappa shape index (κ1) is 11.6. The number of rotatable bonds is 3. The Morgan fingerprint density at radius 3 is 2.47 bits per heavy atom. The Balaban J connectivity index is 2.31. The van der Waals surface area contributed by atoms with Gasteiger partial charge in [0.05, 0.1) is 0 Å². The second-order valence-corrected chi connectivity index (χ2v) is 4.08. The summed E-state index contributed by atoms with van der Waals surface area (Å²) in [6.45, 7) is 2.01. The molecule has 2 aromatic rings. The zero-order valence-electron chi connectivity index (χ0n) is 9.27. The second kappa shape index (κ2) is 4.97. The van der Waals surface area contributed by atoms with Crippen molar-refractivity contribution in [3.05, 3.63) is 53.1 Å². The Morgan fingerprint density at radius 1 is 1.12 bits per heavy atom. The molecule has 0 atom stereocenters. The van der Waals surface area contributed by atoms with Gasteiger partial charge in [0.2, 0.25) is 0 Å². The fraction of sp³-hybridized carbons (Fsp3) is 0.0769. The van der Waals surface area contributed by atoms with Crippen molar-refractivity contribution in [2.45, 2.75) is 6.92 Å². The molecule has 2 rings (SSSR count). The fourth-order valence-corrected chi connectivity index (χ4v) is 1.56. The molecular weight excluding hydrogens is 236 g/mol. The average molecular weight is 247 g/mol. The second-order valence-electron chi connectivity index (χ2n) is 3.64. The first-order valence-corrected chi connectivity index (χ1v) is 5.48. The third-order valence-corrected chi connectivity index (χ3v) is 2.53. The van der Waals surface area contributed by atoms with Crippen molar-refractivity contribution in [3.63, 3.8) is 0 Å². The van der Waals surface area contributed by atoms with Gasteiger partial charge in [-0.25, -0.2) is 5.53 Å². The van der Waals surface area contributed by atoms with Gasteiger partial charge in [0, 0.05) is 11.1 Å². The topological polar surface area (TPSA) is 45.4 Å². The number of nitrogens with zero attached hydrogens (tertiary/aromatic N) is 1. The van der Waals surface area contributed by atoms with Gasteiger partial charge in [0.25, 0.3) is 0 Å². The zero-order chi connectivity index (χ0) is 12.3. The molecule has 0 aliphatic rings. The molecule has 0 spiro atoms. The van der Waals surface area contributed by atoms with Crippen LogP contribution in [0, 0.1) is 12.5 Å². The maximum atomic E-state index is 7.06. The minimum atomic E-state index is 0.454. The van der Waals surface area contributed by atoms with Gasteiger partial charge in [-0.15, -0.1) is 0 Å². The molecule has 0 amide bonds. The van der Waals surface area contributed by atoms with Crippen LogP contribution in [-0.2, 0) is 0 Å². The molecule has 3 nitrogen and oxygen atoms in total. The number of aryl methyl sites for hydroxylation is 1. The minimum absolute atomic E-state index is 0.454. The first-order chi connectivity index (χ1) is 8.19. The zero-order valence-corrected chi connectivity index (χ0v) is 10.0. The number of benzene rings is 2. The van der Waals surface area contributed by atoms with Gasteiger partial charge < -0.3 is 4.74 Å². The summed E-state index contributed by atoms with van der Waals surface area (Å²) < 4.78 is 5.64. The summed E-state index contributed by atoms with van der Waals surface area (Å²) >= 11 is 5.88. The van der Waals surface area contributed by atoms with E-state index in [1.54, 1.807) is 18.2 Å². The number of halogens is 1. The van der Waals surface area contributed by atoms with Crippen LogP contribution in [0.25, 0.3) is 0 Å². The standard InChI is InChI=1S/C13H11ClN2O/c1-9-2-5-11(6-3-9)17-13-8-10(14)4-7-12(13)16-15/h2-8,15H,1H3. The molecule has 0 saturated heterocycles. The van der Waals surface area contributed by atoms with Gasteiger partial charge in [-0.05, 0) is 31.2 Å². The summed E-state index contributed by atoms with van der Waals surface area (Å²) in [6.07, 6.45) is 0. The lowest BCUT2D eigenvalue weighted by Gasteiger charge is -2.08. The van der Waals surface area contributed by atoms with Crippen LogP contribution in [0.3, 0.4) is 0 Å². The lowest BCUT2D eigenvalue weighted by molar-refractivity contribution is 0.483. The van der Waals surface area contributed by atoms with Crippen molar-refractivity contribution >= 4 is 17.3 Å². The molecule has 86 valence electrons. The highest BCUT2D eigenvalue weighted by atomic mass is 35.5. The van der Waals surface area contributed by atoms with E-state index < -0.39 is 0 Å². The Labute approximate surface area is 105 Å². The third kappa shape index (κ3) is 2.82. The molecule has 0 bridgehead atoms. The highest BCUT2D eigenvalue weighted by molar-refractivity contribution is 6.30. The summed E-state index contributed by atoms with van der Waals surface area (Å²) in [6, 6.07) is 12.6. The summed E-state index contributed by atoms with van der Waals surface area (Å²) in [5.41, 5.74) is 8.67. The van der Waals surface area contributed by atoms with E-state index in [0.29, 0.717) is 22.2 Å². The van der Waals surface area contributed by atoms with Crippen LogP contribution in [-0.4, -0.2) is 0 Å². The van der Waals surface area contributed by atoms with Crippen LogP contribution < -0.4 is 4.74 Å². The predicted octanol–water partition coefficient (Wildman–Crippen LogP) is 5.10. The van der Waals surface area contributed by atoms with Crippen LogP contribution in [0.4, 0.5) is 5.69 Å². The van der Waals surface area contributed by atoms with Crippen LogP contribution in [0.5, 0.6) is 11.5 Å². The lowest BCUT2D eigenvalue weighted by Crippen LogP contribution is -1.85. The average Bonchev–Trinajstić information content (AvgIpc) is 2.32. The first-order valence-electron chi connectivity index (χ1n) is 5.10. The summed E-state index contributed by atoms with van der Waals surface area (Å²) in [4.78, 5) is 0. The molecule has 0 aliphatic heterocycles. The van der Waals surface area contributed by atoms with Crippen LogP contribution in [0.15, 0.2) is 47.6 Å². The quantitative estimate of drug-likeness (QED) is 0.752. The molecule has 2 aromatic carbocycles. The molecule has 0 saturated carbocycles. The van der Waals surface area contributed by atoms with E-state index in [1.807, 2.05) is 31.2 Å². The molecule has 0 unspecified atom stereocenters. The van der Waals surface area contributed by atoms with Crippen LogP contribution in [0.2, 0.25) is 5.02 Å². The Morgan fingerprint density at radius 2 is 1.82 bits per heavy atom. The van der Waals surface area contributed by atoms with Crippen molar-refractivity contribution in [1.29, 1.82) is 5.53 Å². The van der Waals surface area contributed by atoms with E-state index in [9.17, 15) is 0 Å². The van der Waals surface area contributed by atoms with E-state index in [1.165, 1.54) is 0 Å². The Bertz CT molecular complexity index is 538. The Hall–Kier alpha value is -1.87. The van der Waals surface area contributed by atoms with Crippen molar-refractivity contribution in [2.75, 3.05) is 0 Å².